The summed E-state index contributed by atoms with van der Waals surface area (Å²) < 4.78 is 56.7. The smallest absolute Gasteiger partial charge is 0.278 e. The summed E-state index contributed by atoms with van der Waals surface area (Å²) in [6, 6.07) is 3.37. The highest BCUT2D eigenvalue weighted by Crippen LogP contribution is 2.28. The van der Waals surface area contributed by atoms with Crippen molar-refractivity contribution < 1.29 is 27.4 Å². The van der Waals surface area contributed by atoms with Crippen LogP contribution in [-0.2, 0) is 14.1 Å². The van der Waals surface area contributed by atoms with Gasteiger partial charge in [-0.05, 0) is 13.8 Å². The maximum Gasteiger partial charge on any atom is 0.278 e. The van der Waals surface area contributed by atoms with Crippen molar-refractivity contribution in [1.82, 2.24) is 29.1 Å². The molecule has 0 fully saturated rings. The number of aromatic nitrogens is 6. The predicted molar refractivity (Wildman–Crippen MR) is 135 cm³/mol. The highest BCUT2D eigenvalue weighted by atomic mass is 35.5. The van der Waals surface area contributed by atoms with Crippen molar-refractivity contribution in [3.63, 3.8) is 0 Å². The molecule has 0 atom stereocenters. The number of hydrogen-bond acceptors (Lipinski definition) is 6. The van der Waals surface area contributed by atoms with Crippen LogP contribution in [-0.4, -0.2) is 59.2 Å². The number of aliphatic hydroxyl groups excluding tert-OH is 1. The fourth-order valence-corrected chi connectivity index (χ4v) is 3.42. The van der Waals surface area contributed by atoms with Crippen LogP contribution < -0.4 is 4.74 Å². The van der Waals surface area contributed by atoms with Crippen molar-refractivity contribution in [3.05, 3.63) is 39.2 Å². The van der Waals surface area contributed by atoms with Crippen molar-refractivity contribution in [2.45, 2.75) is 39.5 Å². The second-order valence-electron chi connectivity index (χ2n) is 8.24. The van der Waals surface area contributed by atoms with Crippen molar-refractivity contribution in [2.24, 2.45) is 14.1 Å². The third-order valence-electron chi connectivity index (χ3n) is 4.79. The number of pyridine rings is 2. The monoisotopic (exact) mass is 586 g/mol. The van der Waals surface area contributed by atoms with Crippen molar-refractivity contribution >= 4 is 56.9 Å². The molecule has 0 aliphatic carbocycles. The van der Waals surface area contributed by atoms with Crippen LogP contribution >= 0.6 is 34.8 Å². The number of aliphatic hydroxyl groups is 1. The maximum absolute atomic E-state index is 12.8. The molecule has 1 N–H and O–H groups in total. The van der Waals surface area contributed by atoms with Crippen LogP contribution in [0.1, 0.15) is 25.5 Å². The average molecular weight is 588 g/mol. The summed E-state index contributed by atoms with van der Waals surface area (Å²) in [5.41, 5.74) is 2.74. The van der Waals surface area contributed by atoms with Crippen molar-refractivity contribution in [2.75, 3.05) is 13.2 Å². The second kappa shape index (κ2) is 12.0. The number of ether oxygens (including phenoxy) is 1. The van der Waals surface area contributed by atoms with E-state index < -0.39 is 25.1 Å². The van der Waals surface area contributed by atoms with E-state index in [4.69, 9.17) is 44.6 Å². The van der Waals surface area contributed by atoms with Crippen LogP contribution in [0.25, 0.3) is 22.1 Å². The Morgan fingerprint density at radius 1 is 0.811 bits per heavy atom. The van der Waals surface area contributed by atoms with Gasteiger partial charge in [0, 0.05) is 40.1 Å². The first-order chi connectivity index (χ1) is 16.9. The third-order valence-corrected chi connectivity index (χ3v) is 5.44. The molecule has 204 valence electrons. The van der Waals surface area contributed by atoms with Gasteiger partial charge in [0.1, 0.15) is 34.1 Å². The topological polar surface area (TPSA) is 90.9 Å². The lowest BCUT2D eigenvalue weighted by atomic mass is 10.4. The Hall–Kier alpha value is -2.41. The fraction of sp³-hybridized carbons (Fsp3) is 0.455. The average Bonchev–Trinajstić information content (AvgIpc) is 3.22. The molecule has 8 nitrogen and oxygen atoms in total. The first-order valence-electron chi connectivity index (χ1n) is 10.6. The van der Waals surface area contributed by atoms with Crippen LogP contribution in [0, 0.1) is 13.8 Å². The highest BCUT2D eigenvalue weighted by Gasteiger charge is 2.24. The van der Waals surface area contributed by atoms with E-state index in [0.29, 0.717) is 33.8 Å². The Morgan fingerprint density at radius 2 is 1.24 bits per heavy atom. The molecule has 15 heteroatoms. The minimum atomic E-state index is -2.93. The lowest BCUT2D eigenvalue weighted by molar-refractivity contribution is -0.0322. The van der Waals surface area contributed by atoms with E-state index in [1.807, 2.05) is 18.5 Å². The standard InChI is InChI=1S/C11H12ClF2N3O.C8H7Cl2N3.C3H6F2O/c1-6-15-9-7(17(6)3)4-8(12)16-10(9)18-5-11(2,13)14;1-4-11-7-5(13(4)2)3-6(9)12-8(7)10;1-3(4,5)2-6/h4H,5H2,1-3H3;3H,1-2H3;6H,2H2,1H3. The van der Waals surface area contributed by atoms with Crippen molar-refractivity contribution in [1.29, 1.82) is 0 Å². The van der Waals surface area contributed by atoms with Crippen LogP contribution in [0.2, 0.25) is 15.5 Å². The van der Waals surface area contributed by atoms with Crippen LogP contribution in [0.15, 0.2) is 12.1 Å². The normalized spacial score (nSPS) is 11.7. The van der Waals surface area contributed by atoms with Gasteiger partial charge in [0.15, 0.2) is 17.3 Å². The van der Waals surface area contributed by atoms with Gasteiger partial charge in [0.25, 0.3) is 11.8 Å². The van der Waals surface area contributed by atoms with Gasteiger partial charge < -0.3 is 19.0 Å². The van der Waals surface area contributed by atoms with E-state index in [1.54, 1.807) is 30.7 Å². The van der Waals surface area contributed by atoms with Gasteiger partial charge in [0.2, 0.25) is 5.88 Å². The van der Waals surface area contributed by atoms with Crippen LogP contribution in [0.3, 0.4) is 0 Å². The quantitative estimate of drug-likeness (QED) is 0.226. The first-order valence-corrected chi connectivity index (χ1v) is 11.7. The summed E-state index contributed by atoms with van der Waals surface area (Å²) in [7, 11) is 3.72. The molecule has 0 aliphatic heterocycles. The molecule has 0 spiro atoms. The SMILES string of the molecule is CC(F)(F)CO.Cc1nc2c(Cl)nc(Cl)cc2n1C.Cc1nc2c(OCC(C)(F)F)nc(Cl)cc2n1C. The number of fused-ring (bicyclic) bond motifs is 2. The zero-order valence-electron chi connectivity index (χ0n) is 20.8. The molecule has 0 amide bonds. The molecule has 0 radical (unpaired) electrons. The summed E-state index contributed by atoms with van der Waals surface area (Å²) in [6.45, 7) is 3.32. The summed E-state index contributed by atoms with van der Waals surface area (Å²) in [5.74, 6) is -4.19. The number of alkyl halides is 4. The Balaban J connectivity index is 0.000000221. The highest BCUT2D eigenvalue weighted by molar-refractivity contribution is 6.36. The van der Waals surface area contributed by atoms with Gasteiger partial charge >= 0.3 is 0 Å². The van der Waals surface area contributed by atoms with Gasteiger partial charge in [-0.15, -0.1) is 0 Å². The molecule has 0 aliphatic rings. The van der Waals surface area contributed by atoms with E-state index in [1.165, 1.54) is 0 Å². The molecule has 4 heterocycles. The fourth-order valence-electron chi connectivity index (χ4n) is 2.78. The molecule has 0 saturated carbocycles. The summed E-state index contributed by atoms with van der Waals surface area (Å²) in [5, 5.41) is 8.58. The van der Waals surface area contributed by atoms with Crippen LogP contribution in [0.5, 0.6) is 5.88 Å². The molecule has 4 aromatic rings. The number of hydrogen-bond donors (Lipinski definition) is 1. The summed E-state index contributed by atoms with van der Waals surface area (Å²) >= 11 is 17.5. The minimum Gasteiger partial charge on any atom is -0.470 e. The molecule has 37 heavy (non-hydrogen) atoms. The van der Waals surface area contributed by atoms with E-state index >= 15 is 0 Å². The Morgan fingerprint density at radius 3 is 1.70 bits per heavy atom. The molecule has 0 aromatic carbocycles. The molecule has 0 saturated heterocycles. The number of aryl methyl sites for hydroxylation is 4. The minimum absolute atomic E-state index is 0.0303. The number of imidazole rings is 2. The molecular formula is C22H25Cl3F4N6O2. The third kappa shape index (κ3) is 8.56. The maximum atomic E-state index is 12.8. The number of nitrogens with zero attached hydrogens (tertiary/aromatic N) is 6. The van der Waals surface area contributed by atoms with Gasteiger partial charge in [-0.2, -0.15) is 4.98 Å². The lowest BCUT2D eigenvalue weighted by Gasteiger charge is -2.11. The lowest BCUT2D eigenvalue weighted by Crippen LogP contribution is -2.21. The Labute approximate surface area is 225 Å². The van der Waals surface area contributed by atoms with Gasteiger partial charge in [-0.1, -0.05) is 34.8 Å². The van der Waals surface area contributed by atoms with E-state index in [2.05, 4.69) is 19.9 Å². The number of rotatable bonds is 4. The summed E-state index contributed by atoms with van der Waals surface area (Å²) in [4.78, 5) is 16.3. The first kappa shape index (κ1) is 30.8. The van der Waals surface area contributed by atoms with E-state index in [9.17, 15) is 17.6 Å². The van der Waals surface area contributed by atoms with E-state index in [0.717, 1.165) is 24.1 Å². The van der Waals surface area contributed by atoms with Gasteiger partial charge in [0.05, 0.1) is 11.0 Å². The van der Waals surface area contributed by atoms with E-state index in [-0.39, 0.29) is 11.0 Å². The number of halogens is 7. The molecular weight excluding hydrogens is 563 g/mol. The van der Waals surface area contributed by atoms with Crippen LogP contribution in [0.4, 0.5) is 17.6 Å². The van der Waals surface area contributed by atoms with Gasteiger partial charge in [-0.25, -0.2) is 32.5 Å². The van der Waals surface area contributed by atoms with Crippen molar-refractivity contribution in [3.8, 4) is 5.88 Å². The van der Waals surface area contributed by atoms with Gasteiger partial charge in [-0.3, -0.25) is 0 Å². The zero-order valence-corrected chi connectivity index (χ0v) is 23.0. The largest absolute Gasteiger partial charge is 0.470 e. The molecule has 0 unspecified atom stereocenters. The predicted octanol–water partition coefficient (Wildman–Crippen LogP) is 6.18. The zero-order chi connectivity index (χ0) is 28.3. The molecule has 4 aromatic heterocycles. The Bertz CT molecular complexity index is 1380. The summed E-state index contributed by atoms with van der Waals surface area (Å²) in [6.07, 6.45) is 0. The Kier molecular flexibility index (Phi) is 9.97. The molecule has 0 bridgehead atoms. The second-order valence-corrected chi connectivity index (χ2v) is 9.38. The molecule has 4 rings (SSSR count).